The first kappa shape index (κ1) is 10.7. The van der Waals surface area contributed by atoms with Crippen molar-refractivity contribution in [3.05, 3.63) is 51.2 Å². The van der Waals surface area contributed by atoms with Crippen LogP contribution in [0.15, 0.2) is 35.1 Å². The summed E-state index contributed by atoms with van der Waals surface area (Å²) in [4.78, 5) is 0. The van der Waals surface area contributed by atoms with Crippen LogP contribution in [0.25, 0.3) is 0 Å². The second kappa shape index (κ2) is 4.37. The van der Waals surface area contributed by atoms with Gasteiger partial charge in [-0.25, -0.2) is 0 Å². The highest BCUT2D eigenvalue weighted by Crippen LogP contribution is 2.19. The number of hydrogen-bond donors (Lipinski definition) is 0. The lowest BCUT2D eigenvalue weighted by molar-refractivity contribution is 0.686. The Bertz CT molecular complexity index is 479. The first-order chi connectivity index (χ1) is 7.15. The molecule has 0 unspecified atom stereocenters. The lowest BCUT2D eigenvalue weighted by Gasteiger charge is -2.05. The third-order valence-corrected chi connectivity index (χ3v) is 2.90. The summed E-state index contributed by atoms with van der Waals surface area (Å²) in [6.45, 7) is 2.73. The predicted molar refractivity (Wildman–Crippen MR) is 65.2 cm³/mol. The van der Waals surface area contributed by atoms with Gasteiger partial charge in [0.1, 0.15) is 0 Å². The minimum absolute atomic E-state index is 0.699. The third-order valence-electron chi connectivity index (χ3n) is 2.14. The molecule has 2 aromatic rings. The maximum Gasteiger partial charge on any atom is 0.0674 e. The average Bonchev–Trinajstić information content (AvgIpc) is 2.56. The largest absolute Gasteiger partial charge is 0.267 e. The third kappa shape index (κ3) is 2.61. The molecule has 0 radical (unpaired) electrons. The van der Waals surface area contributed by atoms with Gasteiger partial charge in [0.05, 0.1) is 17.2 Å². The van der Waals surface area contributed by atoms with E-state index >= 15 is 0 Å². The van der Waals surface area contributed by atoms with Gasteiger partial charge in [0.25, 0.3) is 0 Å². The Morgan fingerprint density at radius 3 is 2.87 bits per heavy atom. The van der Waals surface area contributed by atoms with Crippen molar-refractivity contribution in [1.29, 1.82) is 0 Å². The van der Waals surface area contributed by atoms with Gasteiger partial charge < -0.3 is 0 Å². The SMILES string of the molecule is Cc1ccc(Cn2cc(Br)cn2)c(Cl)c1. The van der Waals surface area contributed by atoms with E-state index in [4.69, 9.17) is 11.6 Å². The monoisotopic (exact) mass is 284 g/mol. The Morgan fingerprint density at radius 1 is 1.47 bits per heavy atom. The number of aromatic nitrogens is 2. The van der Waals surface area contributed by atoms with Gasteiger partial charge in [0, 0.05) is 11.2 Å². The smallest absolute Gasteiger partial charge is 0.0674 e. The van der Waals surface area contributed by atoms with Crippen molar-refractivity contribution >= 4 is 27.5 Å². The number of halogens is 2. The molecule has 0 aliphatic rings. The Morgan fingerprint density at radius 2 is 2.27 bits per heavy atom. The van der Waals surface area contributed by atoms with Gasteiger partial charge in [0.2, 0.25) is 0 Å². The Kier molecular flexibility index (Phi) is 3.12. The topological polar surface area (TPSA) is 17.8 Å². The van der Waals surface area contributed by atoms with Crippen LogP contribution >= 0.6 is 27.5 Å². The first-order valence-corrected chi connectivity index (χ1v) is 5.75. The molecule has 1 aromatic heterocycles. The van der Waals surface area contributed by atoms with Crippen LogP contribution in [0.3, 0.4) is 0 Å². The van der Waals surface area contributed by atoms with Crippen molar-refractivity contribution in [2.75, 3.05) is 0 Å². The molecule has 0 aliphatic carbocycles. The van der Waals surface area contributed by atoms with E-state index in [9.17, 15) is 0 Å². The van der Waals surface area contributed by atoms with E-state index in [1.54, 1.807) is 6.20 Å². The lowest BCUT2D eigenvalue weighted by Crippen LogP contribution is -2.00. The molecule has 1 heterocycles. The average molecular weight is 286 g/mol. The molecular weight excluding hydrogens is 275 g/mol. The number of rotatable bonds is 2. The first-order valence-electron chi connectivity index (χ1n) is 4.58. The van der Waals surface area contributed by atoms with Crippen molar-refractivity contribution in [2.24, 2.45) is 0 Å². The van der Waals surface area contributed by atoms with Gasteiger partial charge in [-0.2, -0.15) is 5.10 Å². The zero-order chi connectivity index (χ0) is 10.8. The van der Waals surface area contributed by atoms with E-state index in [1.165, 1.54) is 5.56 Å². The Hall–Kier alpha value is -0.800. The van der Waals surface area contributed by atoms with Crippen molar-refractivity contribution < 1.29 is 0 Å². The summed E-state index contributed by atoms with van der Waals surface area (Å²) in [5.74, 6) is 0. The summed E-state index contributed by atoms with van der Waals surface area (Å²) in [6.07, 6.45) is 3.69. The van der Waals surface area contributed by atoms with Crippen LogP contribution in [0, 0.1) is 6.92 Å². The normalized spacial score (nSPS) is 10.6. The molecule has 0 spiro atoms. The molecule has 0 saturated carbocycles. The zero-order valence-corrected chi connectivity index (χ0v) is 10.6. The van der Waals surface area contributed by atoms with E-state index in [2.05, 4.69) is 27.1 Å². The molecule has 15 heavy (non-hydrogen) atoms. The van der Waals surface area contributed by atoms with Crippen LogP contribution in [0.2, 0.25) is 5.02 Å². The maximum atomic E-state index is 6.13. The highest BCUT2D eigenvalue weighted by atomic mass is 79.9. The zero-order valence-electron chi connectivity index (χ0n) is 8.24. The van der Waals surface area contributed by atoms with Crippen LogP contribution in [0.5, 0.6) is 0 Å². The van der Waals surface area contributed by atoms with E-state index in [0.717, 1.165) is 15.1 Å². The van der Waals surface area contributed by atoms with E-state index < -0.39 is 0 Å². The summed E-state index contributed by atoms with van der Waals surface area (Å²) >= 11 is 9.49. The molecule has 0 saturated heterocycles. The van der Waals surface area contributed by atoms with E-state index in [0.29, 0.717) is 6.54 Å². The fourth-order valence-corrected chi connectivity index (χ4v) is 2.00. The Balaban J connectivity index is 2.24. The van der Waals surface area contributed by atoms with Crippen molar-refractivity contribution in [1.82, 2.24) is 9.78 Å². The minimum atomic E-state index is 0.699. The minimum Gasteiger partial charge on any atom is -0.267 e. The van der Waals surface area contributed by atoms with Crippen molar-refractivity contribution in [2.45, 2.75) is 13.5 Å². The van der Waals surface area contributed by atoms with Crippen molar-refractivity contribution in [3.8, 4) is 0 Å². The standard InChI is InChI=1S/C11H10BrClN2/c1-8-2-3-9(11(13)4-8)6-15-7-10(12)5-14-15/h2-5,7H,6H2,1H3. The molecule has 0 aliphatic heterocycles. The van der Waals surface area contributed by atoms with Crippen LogP contribution in [0.1, 0.15) is 11.1 Å². The fourth-order valence-electron chi connectivity index (χ4n) is 1.38. The van der Waals surface area contributed by atoms with Crippen LogP contribution in [-0.4, -0.2) is 9.78 Å². The molecule has 1 aromatic carbocycles. The van der Waals surface area contributed by atoms with Gasteiger partial charge in [-0.3, -0.25) is 4.68 Å². The summed E-state index contributed by atoms with van der Waals surface area (Å²) in [5.41, 5.74) is 2.25. The molecule has 2 rings (SSSR count). The number of benzene rings is 1. The quantitative estimate of drug-likeness (QED) is 0.823. The Labute approximate surface area is 102 Å². The predicted octanol–water partition coefficient (Wildman–Crippen LogP) is 3.66. The molecule has 4 heteroatoms. The summed E-state index contributed by atoms with van der Waals surface area (Å²) in [7, 11) is 0. The van der Waals surface area contributed by atoms with Crippen LogP contribution in [-0.2, 0) is 6.54 Å². The summed E-state index contributed by atoms with van der Waals surface area (Å²) in [6, 6.07) is 6.06. The second-order valence-electron chi connectivity index (χ2n) is 3.45. The van der Waals surface area contributed by atoms with Gasteiger partial charge >= 0.3 is 0 Å². The molecular formula is C11H10BrClN2. The summed E-state index contributed by atoms with van der Waals surface area (Å²) in [5, 5.41) is 4.98. The van der Waals surface area contributed by atoms with Gasteiger partial charge in [-0.15, -0.1) is 0 Å². The number of hydrogen-bond acceptors (Lipinski definition) is 1. The molecule has 78 valence electrons. The van der Waals surface area contributed by atoms with Gasteiger partial charge in [0.15, 0.2) is 0 Å². The lowest BCUT2D eigenvalue weighted by atomic mass is 10.1. The molecule has 0 amide bonds. The van der Waals surface area contributed by atoms with E-state index in [1.807, 2.05) is 29.9 Å². The second-order valence-corrected chi connectivity index (χ2v) is 4.77. The van der Waals surface area contributed by atoms with Gasteiger partial charge in [-0.1, -0.05) is 23.7 Å². The van der Waals surface area contributed by atoms with E-state index in [-0.39, 0.29) is 0 Å². The summed E-state index contributed by atoms with van der Waals surface area (Å²) < 4.78 is 2.83. The fraction of sp³-hybridized carbons (Fsp3) is 0.182. The molecule has 0 fully saturated rings. The number of nitrogens with zero attached hydrogens (tertiary/aromatic N) is 2. The number of aryl methyl sites for hydroxylation is 1. The molecule has 0 bridgehead atoms. The molecule has 0 atom stereocenters. The van der Waals surface area contributed by atoms with Crippen molar-refractivity contribution in [3.63, 3.8) is 0 Å². The maximum absolute atomic E-state index is 6.13. The highest BCUT2D eigenvalue weighted by molar-refractivity contribution is 9.10. The highest BCUT2D eigenvalue weighted by Gasteiger charge is 2.02. The molecule has 2 nitrogen and oxygen atoms in total. The van der Waals surface area contributed by atoms with Crippen LogP contribution < -0.4 is 0 Å². The molecule has 0 N–H and O–H groups in total. The van der Waals surface area contributed by atoms with Crippen LogP contribution in [0.4, 0.5) is 0 Å². The van der Waals surface area contributed by atoms with Gasteiger partial charge in [-0.05, 0) is 40.0 Å².